The Morgan fingerprint density at radius 2 is 1.96 bits per heavy atom. The predicted octanol–water partition coefficient (Wildman–Crippen LogP) is 2.95. The fraction of sp³-hybridized carbons (Fsp3) is 0.500. The molecule has 1 aromatic carbocycles. The fourth-order valence-electron chi connectivity index (χ4n) is 6.73. The Kier molecular flexibility index (Phi) is 3.14. The van der Waals surface area contributed by atoms with Crippen molar-refractivity contribution in [2.75, 3.05) is 6.79 Å². The Morgan fingerprint density at radius 3 is 2.81 bits per heavy atom. The molecule has 0 aromatic heterocycles. The first-order valence-corrected chi connectivity index (χ1v) is 9.82. The molecule has 4 aliphatic carbocycles. The molecule has 0 spiro atoms. The van der Waals surface area contributed by atoms with Crippen LogP contribution in [0.1, 0.15) is 18.4 Å². The normalized spacial score (nSPS) is 42.3. The van der Waals surface area contributed by atoms with Gasteiger partial charge in [0.05, 0.1) is 6.10 Å². The first-order valence-electron chi connectivity index (χ1n) is 9.82. The zero-order valence-corrected chi connectivity index (χ0v) is 14.8. The molecule has 8 atom stereocenters. The van der Waals surface area contributed by atoms with Crippen molar-refractivity contribution >= 4 is 11.5 Å². The van der Waals surface area contributed by atoms with E-state index in [1.807, 2.05) is 24.3 Å². The van der Waals surface area contributed by atoms with Gasteiger partial charge in [0.2, 0.25) is 6.79 Å². The van der Waals surface area contributed by atoms with Crippen LogP contribution < -0.4 is 9.47 Å². The molecule has 5 heteroatoms. The predicted molar refractivity (Wildman–Crippen MR) is 97.0 cm³/mol. The first kappa shape index (κ1) is 15.8. The van der Waals surface area contributed by atoms with Gasteiger partial charge in [-0.25, -0.2) is 0 Å². The van der Waals surface area contributed by atoms with E-state index in [0.29, 0.717) is 23.7 Å². The van der Waals surface area contributed by atoms with Gasteiger partial charge >= 0.3 is 5.97 Å². The molecule has 27 heavy (non-hydrogen) atoms. The van der Waals surface area contributed by atoms with Crippen LogP contribution >= 0.6 is 0 Å². The zero-order chi connectivity index (χ0) is 18.3. The van der Waals surface area contributed by atoms with Crippen molar-refractivity contribution in [3.05, 3.63) is 42.0 Å². The van der Waals surface area contributed by atoms with E-state index in [2.05, 4.69) is 12.2 Å². The summed E-state index contributed by atoms with van der Waals surface area (Å²) in [5.41, 5.74) is 2.24. The quantitative estimate of drug-likeness (QED) is 0.805. The van der Waals surface area contributed by atoms with Gasteiger partial charge in [-0.2, -0.15) is 0 Å². The van der Waals surface area contributed by atoms with E-state index in [9.17, 15) is 15.0 Å². The highest BCUT2D eigenvalue weighted by atomic mass is 16.7. The third kappa shape index (κ3) is 2.06. The minimum atomic E-state index is -0.705. The summed E-state index contributed by atoms with van der Waals surface area (Å²) in [6, 6.07) is 6.00. The van der Waals surface area contributed by atoms with Gasteiger partial charge in [-0.1, -0.05) is 24.3 Å². The van der Waals surface area contributed by atoms with Gasteiger partial charge in [-0.15, -0.1) is 0 Å². The molecule has 1 unspecified atom stereocenters. The van der Waals surface area contributed by atoms with E-state index in [0.717, 1.165) is 23.5 Å². The van der Waals surface area contributed by atoms with Gasteiger partial charge in [-0.05, 0) is 65.2 Å². The lowest BCUT2D eigenvalue weighted by molar-refractivity contribution is -0.142. The summed E-state index contributed by atoms with van der Waals surface area (Å²) in [6.07, 6.45) is 7.29. The minimum Gasteiger partial charge on any atom is -0.481 e. The van der Waals surface area contributed by atoms with Crippen LogP contribution in [0.4, 0.5) is 0 Å². The van der Waals surface area contributed by atoms with Gasteiger partial charge in [0.25, 0.3) is 0 Å². The number of rotatable bonds is 3. The Balaban J connectivity index is 1.38. The molecular formula is C22H22O5. The third-order valence-electron chi connectivity index (χ3n) is 7.69. The van der Waals surface area contributed by atoms with Gasteiger partial charge in [0.15, 0.2) is 11.5 Å². The second kappa shape index (κ2) is 5.38. The number of fused-ring (bicyclic) bond motifs is 1. The maximum Gasteiger partial charge on any atom is 0.303 e. The number of aliphatic hydroxyl groups is 1. The molecule has 5 nitrogen and oxygen atoms in total. The zero-order valence-electron chi connectivity index (χ0n) is 14.8. The van der Waals surface area contributed by atoms with Crippen molar-refractivity contribution in [2.45, 2.75) is 18.9 Å². The second-order valence-corrected chi connectivity index (χ2v) is 8.65. The summed E-state index contributed by atoms with van der Waals surface area (Å²) in [5.74, 6) is 3.32. The van der Waals surface area contributed by atoms with Crippen LogP contribution in [0, 0.1) is 41.4 Å². The number of carboxylic acid groups (broad SMARTS) is 1. The first-order chi connectivity index (χ1) is 13.1. The van der Waals surface area contributed by atoms with Crippen LogP contribution in [0.3, 0.4) is 0 Å². The molecule has 2 N–H and O–H groups in total. The molecule has 1 aliphatic heterocycles. The van der Waals surface area contributed by atoms with Gasteiger partial charge in [0.1, 0.15) is 0 Å². The second-order valence-electron chi connectivity index (χ2n) is 8.65. The third-order valence-corrected chi connectivity index (χ3v) is 7.69. The number of carbonyl (C=O) groups is 1. The molecule has 0 amide bonds. The molecule has 5 aliphatic rings. The minimum absolute atomic E-state index is 0.233. The molecule has 6 rings (SSSR count). The van der Waals surface area contributed by atoms with Crippen molar-refractivity contribution in [1.29, 1.82) is 0 Å². The standard InChI is InChI=1S/C22H22O5/c23-17-7-13(10-1-4-18-19(5-10)27-9-26-18)11-2-3-12-14(8-20(24)25)15-6-16(17)22(11)21(12)15/h1-5,7,11-12,14-17,21-23H,6,8-9H2,(H,24,25)/t11-,12+,14?,15+,16-,17+,21+,22-/m0/s1. The summed E-state index contributed by atoms with van der Waals surface area (Å²) < 4.78 is 11.0. The molecule has 2 fully saturated rings. The van der Waals surface area contributed by atoms with E-state index in [4.69, 9.17) is 9.47 Å². The summed E-state index contributed by atoms with van der Waals surface area (Å²) in [7, 11) is 0. The summed E-state index contributed by atoms with van der Waals surface area (Å²) >= 11 is 0. The highest BCUT2D eigenvalue weighted by Crippen LogP contribution is 2.68. The molecule has 1 aromatic rings. The number of aliphatic carboxylic acids is 1. The summed E-state index contributed by atoms with van der Waals surface area (Å²) in [5, 5.41) is 20.2. The molecule has 2 saturated carbocycles. The molecule has 0 saturated heterocycles. The number of hydrogen-bond acceptors (Lipinski definition) is 4. The van der Waals surface area contributed by atoms with Crippen molar-refractivity contribution in [2.24, 2.45) is 41.4 Å². The monoisotopic (exact) mass is 366 g/mol. The Labute approximate surface area is 157 Å². The number of carboxylic acids is 1. The highest BCUT2D eigenvalue weighted by Gasteiger charge is 2.63. The maximum atomic E-state index is 11.3. The largest absolute Gasteiger partial charge is 0.481 e. The average Bonchev–Trinajstić information content (AvgIpc) is 3.26. The molecule has 0 bridgehead atoms. The van der Waals surface area contributed by atoms with Crippen molar-refractivity contribution in [3.8, 4) is 11.5 Å². The summed E-state index contributed by atoms with van der Waals surface area (Å²) in [4.78, 5) is 11.3. The van der Waals surface area contributed by atoms with E-state index < -0.39 is 12.1 Å². The lowest BCUT2D eigenvalue weighted by Gasteiger charge is -2.54. The van der Waals surface area contributed by atoms with Crippen molar-refractivity contribution in [3.63, 3.8) is 0 Å². The number of ether oxygens (including phenoxy) is 2. The van der Waals surface area contributed by atoms with Crippen molar-refractivity contribution in [1.82, 2.24) is 0 Å². The molecule has 1 heterocycles. The lowest BCUT2D eigenvalue weighted by atomic mass is 9.50. The number of aliphatic hydroxyl groups excluding tert-OH is 1. The fourth-order valence-corrected chi connectivity index (χ4v) is 6.73. The van der Waals surface area contributed by atoms with Gasteiger partial charge < -0.3 is 19.7 Å². The Bertz CT molecular complexity index is 887. The summed E-state index contributed by atoms with van der Waals surface area (Å²) in [6.45, 7) is 0.255. The number of benzene rings is 1. The smallest absolute Gasteiger partial charge is 0.303 e. The van der Waals surface area contributed by atoms with E-state index in [1.54, 1.807) is 0 Å². The number of allylic oxidation sites excluding steroid dienone is 3. The van der Waals surface area contributed by atoms with E-state index >= 15 is 0 Å². The van der Waals surface area contributed by atoms with Crippen molar-refractivity contribution < 1.29 is 24.5 Å². The van der Waals surface area contributed by atoms with E-state index in [-0.39, 0.29) is 31.0 Å². The van der Waals surface area contributed by atoms with Crippen LogP contribution in [-0.4, -0.2) is 29.1 Å². The van der Waals surface area contributed by atoms with Crippen LogP contribution in [0.25, 0.3) is 5.57 Å². The number of hydrogen-bond donors (Lipinski definition) is 2. The maximum absolute atomic E-state index is 11.3. The average molecular weight is 366 g/mol. The van der Waals surface area contributed by atoms with Gasteiger partial charge in [0, 0.05) is 12.3 Å². The van der Waals surface area contributed by atoms with E-state index in [1.165, 1.54) is 5.57 Å². The van der Waals surface area contributed by atoms with Crippen LogP contribution in [-0.2, 0) is 4.79 Å². The Morgan fingerprint density at radius 1 is 1.11 bits per heavy atom. The highest BCUT2D eigenvalue weighted by molar-refractivity contribution is 5.74. The van der Waals surface area contributed by atoms with Crippen LogP contribution in [0.2, 0.25) is 0 Å². The van der Waals surface area contributed by atoms with Gasteiger partial charge in [-0.3, -0.25) is 4.79 Å². The SMILES string of the molecule is O=C(O)CC1[C@H]2C=C[C@H]3C(c4ccc5c(c4)OCO5)=C[C@@H](O)[C@@H]4C[C@H]1[C@@H]2[C@H]43. The molecule has 0 radical (unpaired) electrons. The van der Waals surface area contributed by atoms with Crippen LogP contribution in [0.5, 0.6) is 11.5 Å². The molecule has 140 valence electrons. The van der Waals surface area contributed by atoms with Crippen LogP contribution in [0.15, 0.2) is 36.4 Å². The topological polar surface area (TPSA) is 76.0 Å². The lowest BCUT2D eigenvalue weighted by Crippen LogP contribution is -2.50. The Hall–Kier alpha value is -2.27. The molecular weight excluding hydrogens is 344 g/mol.